The van der Waals surface area contributed by atoms with E-state index in [1.54, 1.807) is 36.4 Å². The van der Waals surface area contributed by atoms with Crippen molar-refractivity contribution in [3.05, 3.63) is 54.1 Å². The third kappa shape index (κ3) is 6.64. The monoisotopic (exact) mass is 386 g/mol. The van der Waals surface area contributed by atoms with Crippen LogP contribution in [0.4, 0.5) is 5.69 Å². The number of nitrogens with zero attached hydrogens (tertiary/aromatic N) is 1. The Morgan fingerprint density at radius 1 is 1.11 bits per heavy atom. The highest BCUT2D eigenvalue weighted by molar-refractivity contribution is 5.95. The molecule has 0 fully saturated rings. The number of hydrogen-bond donors (Lipinski definition) is 2. The van der Waals surface area contributed by atoms with Crippen molar-refractivity contribution in [2.75, 3.05) is 32.6 Å². The van der Waals surface area contributed by atoms with Crippen LogP contribution in [0.15, 0.2) is 48.5 Å². The Bertz CT molecular complexity index is 835. The summed E-state index contributed by atoms with van der Waals surface area (Å²) in [6.07, 6.45) is -0.0202. The van der Waals surface area contributed by atoms with Gasteiger partial charge in [0, 0.05) is 18.8 Å². The smallest absolute Gasteiger partial charge is 0.310 e. The number of phenols is 1. The second kappa shape index (κ2) is 9.96. The van der Waals surface area contributed by atoms with Crippen LogP contribution in [0.3, 0.4) is 0 Å². The lowest BCUT2D eigenvalue weighted by Crippen LogP contribution is -2.37. The summed E-state index contributed by atoms with van der Waals surface area (Å²) in [7, 11) is 2.97. The number of amides is 2. The summed E-state index contributed by atoms with van der Waals surface area (Å²) in [5.41, 5.74) is 1.20. The molecule has 0 spiro atoms. The molecular weight excluding hydrogens is 364 g/mol. The average molecular weight is 386 g/mol. The number of rotatable bonds is 8. The zero-order valence-corrected chi connectivity index (χ0v) is 15.7. The molecule has 2 rings (SSSR count). The Kier molecular flexibility index (Phi) is 7.38. The number of hydrogen-bond acceptors (Lipinski definition) is 6. The van der Waals surface area contributed by atoms with Crippen LogP contribution in [0, 0.1) is 0 Å². The molecule has 148 valence electrons. The van der Waals surface area contributed by atoms with Crippen molar-refractivity contribution in [3.8, 4) is 11.5 Å². The van der Waals surface area contributed by atoms with Gasteiger partial charge in [0.25, 0.3) is 5.91 Å². The van der Waals surface area contributed by atoms with E-state index in [-0.39, 0.29) is 24.6 Å². The van der Waals surface area contributed by atoms with Gasteiger partial charge in [0.1, 0.15) is 11.5 Å². The quantitative estimate of drug-likeness (QED) is 0.668. The number of nitrogens with one attached hydrogen (secondary N) is 1. The molecule has 0 atom stereocenters. The van der Waals surface area contributed by atoms with Crippen LogP contribution in [0.2, 0.25) is 0 Å². The number of benzene rings is 2. The Labute approximate surface area is 162 Å². The first kappa shape index (κ1) is 20.8. The molecule has 0 unspecified atom stereocenters. The molecule has 0 saturated heterocycles. The van der Waals surface area contributed by atoms with Crippen molar-refractivity contribution in [3.63, 3.8) is 0 Å². The van der Waals surface area contributed by atoms with Gasteiger partial charge >= 0.3 is 5.97 Å². The summed E-state index contributed by atoms with van der Waals surface area (Å²) >= 11 is 0. The summed E-state index contributed by atoms with van der Waals surface area (Å²) in [4.78, 5) is 37.1. The molecule has 28 heavy (non-hydrogen) atoms. The molecule has 8 heteroatoms. The van der Waals surface area contributed by atoms with Crippen LogP contribution in [0.5, 0.6) is 11.5 Å². The third-order valence-electron chi connectivity index (χ3n) is 3.80. The number of likely N-dealkylation sites (N-methyl/N-ethyl adjacent to an activating group) is 1. The van der Waals surface area contributed by atoms with Gasteiger partial charge in [-0.1, -0.05) is 18.2 Å². The summed E-state index contributed by atoms with van der Waals surface area (Å²) < 4.78 is 10.0. The highest BCUT2D eigenvalue weighted by atomic mass is 16.5. The molecule has 0 aliphatic carbocycles. The van der Waals surface area contributed by atoms with Crippen molar-refractivity contribution in [1.29, 1.82) is 0 Å². The molecule has 0 bridgehead atoms. The maximum absolute atomic E-state index is 12.1. The number of anilines is 1. The van der Waals surface area contributed by atoms with Crippen LogP contribution < -0.4 is 10.1 Å². The number of carbonyl (C=O) groups is 3. The van der Waals surface area contributed by atoms with Gasteiger partial charge in [-0.05, 0) is 29.8 Å². The predicted octanol–water partition coefficient (Wildman–Crippen LogP) is 1.58. The van der Waals surface area contributed by atoms with E-state index in [0.717, 1.165) is 0 Å². The molecule has 0 aliphatic heterocycles. The Balaban J connectivity index is 1.76. The molecule has 2 N–H and O–H groups in total. The molecule has 2 aromatic carbocycles. The molecular formula is C20H22N2O6. The molecule has 2 aromatic rings. The second-order valence-electron chi connectivity index (χ2n) is 6.03. The van der Waals surface area contributed by atoms with Gasteiger partial charge in [-0.3, -0.25) is 14.4 Å². The molecule has 0 aromatic heterocycles. The van der Waals surface area contributed by atoms with Crippen LogP contribution >= 0.6 is 0 Å². The third-order valence-corrected chi connectivity index (χ3v) is 3.80. The Morgan fingerprint density at radius 2 is 1.82 bits per heavy atom. The molecule has 2 amide bonds. The van der Waals surface area contributed by atoms with Gasteiger partial charge in [0.05, 0.1) is 20.1 Å². The van der Waals surface area contributed by atoms with Crippen LogP contribution in [0.1, 0.15) is 5.56 Å². The number of carbonyl (C=O) groups excluding carboxylic acids is 3. The molecule has 0 radical (unpaired) electrons. The fraction of sp³-hybridized carbons (Fsp3) is 0.250. The zero-order valence-electron chi connectivity index (χ0n) is 15.7. The van der Waals surface area contributed by atoms with Gasteiger partial charge in [0.15, 0.2) is 6.61 Å². The number of aromatic hydroxyl groups is 1. The summed E-state index contributed by atoms with van der Waals surface area (Å²) in [6, 6.07) is 12.9. The van der Waals surface area contributed by atoms with E-state index in [9.17, 15) is 19.5 Å². The minimum Gasteiger partial charge on any atom is -0.508 e. The van der Waals surface area contributed by atoms with Gasteiger partial charge in [-0.2, -0.15) is 0 Å². The van der Waals surface area contributed by atoms with E-state index in [2.05, 4.69) is 5.32 Å². The number of methoxy groups -OCH3 is 1. The van der Waals surface area contributed by atoms with E-state index in [1.165, 1.54) is 31.2 Å². The lowest BCUT2D eigenvalue weighted by atomic mass is 10.1. The first-order valence-electron chi connectivity index (χ1n) is 8.49. The van der Waals surface area contributed by atoms with Crippen molar-refractivity contribution in [2.24, 2.45) is 0 Å². The lowest BCUT2D eigenvalue weighted by molar-refractivity contribution is -0.151. The van der Waals surface area contributed by atoms with E-state index in [1.807, 2.05) is 0 Å². The minimum atomic E-state index is -0.576. The van der Waals surface area contributed by atoms with Crippen LogP contribution in [-0.4, -0.2) is 55.1 Å². The predicted molar refractivity (Wildman–Crippen MR) is 102 cm³/mol. The highest BCUT2D eigenvalue weighted by Crippen LogP contribution is 2.16. The summed E-state index contributed by atoms with van der Waals surface area (Å²) in [6.45, 7) is -0.647. The average Bonchev–Trinajstić information content (AvgIpc) is 2.67. The lowest BCUT2D eigenvalue weighted by Gasteiger charge is -2.17. The summed E-state index contributed by atoms with van der Waals surface area (Å²) in [5, 5.41) is 11.9. The maximum atomic E-state index is 12.1. The first-order chi connectivity index (χ1) is 13.4. The van der Waals surface area contributed by atoms with E-state index >= 15 is 0 Å². The van der Waals surface area contributed by atoms with E-state index in [0.29, 0.717) is 17.0 Å². The largest absolute Gasteiger partial charge is 0.508 e. The Morgan fingerprint density at radius 3 is 2.50 bits per heavy atom. The van der Waals surface area contributed by atoms with Crippen LogP contribution in [-0.2, 0) is 25.5 Å². The number of esters is 1. The van der Waals surface area contributed by atoms with Crippen molar-refractivity contribution in [2.45, 2.75) is 6.42 Å². The normalized spacial score (nSPS) is 10.1. The zero-order chi connectivity index (χ0) is 20.5. The van der Waals surface area contributed by atoms with Crippen molar-refractivity contribution < 1.29 is 29.0 Å². The van der Waals surface area contributed by atoms with E-state index < -0.39 is 18.5 Å². The van der Waals surface area contributed by atoms with Crippen molar-refractivity contribution >= 4 is 23.5 Å². The van der Waals surface area contributed by atoms with Crippen LogP contribution in [0.25, 0.3) is 0 Å². The van der Waals surface area contributed by atoms with Gasteiger partial charge in [-0.25, -0.2) is 0 Å². The number of ether oxygens (including phenoxy) is 2. The molecule has 0 saturated carbocycles. The van der Waals surface area contributed by atoms with Gasteiger partial charge in [-0.15, -0.1) is 0 Å². The van der Waals surface area contributed by atoms with Gasteiger partial charge in [0.2, 0.25) is 5.91 Å². The SMILES string of the molecule is COc1cccc(NC(=O)CN(C)C(=O)COC(=O)Cc2ccc(O)cc2)c1. The van der Waals surface area contributed by atoms with E-state index in [4.69, 9.17) is 9.47 Å². The molecule has 0 heterocycles. The second-order valence-corrected chi connectivity index (χ2v) is 6.03. The highest BCUT2D eigenvalue weighted by Gasteiger charge is 2.15. The fourth-order valence-electron chi connectivity index (χ4n) is 2.29. The fourth-order valence-corrected chi connectivity index (χ4v) is 2.29. The molecule has 8 nitrogen and oxygen atoms in total. The minimum absolute atomic E-state index is 0.0202. The first-order valence-corrected chi connectivity index (χ1v) is 8.49. The summed E-state index contributed by atoms with van der Waals surface area (Å²) in [5.74, 6) is -0.767. The Hall–Kier alpha value is -3.55. The topological polar surface area (TPSA) is 105 Å². The number of phenolic OH excluding ortho intramolecular Hbond substituents is 1. The van der Waals surface area contributed by atoms with Crippen molar-refractivity contribution in [1.82, 2.24) is 4.90 Å². The standard InChI is InChI=1S/C20H22N2O6/c1-22(12-18(24)21-15-4-3-5-17(11-15)27-2)19(25)13-28-20(26)10-14-6-8-16(23)9-7-14/h3-9,11,23H,10,12-13H2,1-2H3,(H,21,24). The maximum Gasteiger partial charge on any atom is 0.310 e. The van der Waals surface area contributed by atoms with Gasteiger partial charge < -0.3 is 24.8 Å². The molecule has 0 aliphatic rings.